The minimum atomic E-state index is -0.573. The van der Waals surface area contributed by atoms with Gasteiger partial charge >= 0.3 is 5.63 Å². The molecule has 0 aliphatic rings. The van der Waals surface area contributed by atoms with Crippen molar-refractivity contribution in [1.29, 1.82) is 0 Å². The molecule has 0 bridgehead atoms. The molecule has 0 saturated heterocycles. The standard InChI is InChI=1S/C13H18O4/c1-3-4-5-6-10(14)7-11-8-12(15)9(2)13(16)17-11/h3-4,8,10,14-15H,5-7H2,1-2H3/b4-3+/t10-/m0/s1. The molecule has 1 atom stereocenters. The Morgan fingerprint density at radius 2 is 2.24 bits per heavy atom. The van der Waals surface area contributed by atoms with Crippen LogP contribution in [0, 0.1) is 6.92 Å². The summed E-state index contributed by atoms with van der Waals surface area (Å²) in [7, 11) is 0. The van der Waals surface area contributed by atoms with E-state index in [1.54, 1.807) is 0 Å². The van der Waals surface area contributed by atoms with Crippen LogP contribution in [-0.4, -0.2) is 16.3 Å². The van der Waals surface area contributed by atoms with Gasteiger partial charge in [0.25, 0.3) is 0 Å². The predicted octanol–water partition coefficient (Wildman–Crippen LogP) is 1.91. The summed E-state index contributed by atoms with van der Waals surface area (Å²) in [6.45, 7) is 3.41. The van der Waals surface area contributed by atoms with Gasteiger partial charge in [0.1, 0.15) is 11.5 Å². The van der Waals surface area contributed by atoms with Gasteiger partial charge in [-0.3, -0.25) is 0 Å². The zero-order valence-corrected chi connectivity index (χ0v) is 10.1. The minimum absolute atomic E-state index is 0.0862. The summed E-state index contributed by atoms with van der Waals surface area (Å²) in [6, 6.07) is 1.38. The molecule has 1 heterocycles. The molecule has 4 nitrogen and oxygen atoms in total. The molecule has 0 amide bonds. The normalized spacial score (nSPS) is 13.1. The van der Waals surface area contributed by atoms with E-state index in [-0.39, 0.29) is 17.7 Å². The van der Waals surface area contributed by atoms with Crippen LogP contribution in [0.1, 0.15) is 31.1 Å². The van der Waals surface area contributed by atoms with Crippen LogP contribution in [0.5, 0.6) is 5.75 Å². The lowest BCUT2D eigenvalue weighted by Crippen LogP contribution is -2.13. The van der Waals surface area contributed by atoms with Crippen molar-refractivity contribution in [2.24, 2.45) is 0 Å². The van der Waals surface area contributed by atoms with Crippen molar-refractivity contribution in [3.05, 3.63) is 40.0 Å². The van der Waals surface area contributed by atoms with E-state index in [9.17, 15) is 15.0 Å². The lowest BCUT2D eigenvalue weighted by atomic mass is 10.1. The van der Waals surface area contributed by atoms with Gasteiger partial charge in [0.2, 0.25) is 0 Å². The lowest BCUT2D eigenvalue weighted by molar-refractivity contribution is 0.157. The molecule has 17 heavy (non-hydrogen) atoms. The van der Waals surface area contributed by atoms with Crippen molar-refractivity contribution in [3.8, 4) is 5.75 Å². The number of allylic oxidation sites excluding steroid dienone is 2. The molecule has 94 valence electrons. The molecule has 1 rings (SSSR count). The number of aromatic hydroxyl groups is 1. The van der Waals surface area contributed by atoms with E-state index in [1.807, 2.05) is 19.1 Å². The maximum atomic E-state index is 11.3. The Bertz CT molecular complexity index is 445. The van der Waals surface area contributed by atoms with Crippen molar-refractivity contribution in [3.63, 3.8) is 0 Å². The molecule has 0 aliphatic carbocycles. The van der Waals surface area contributed by atoms with Gasteiger partial charge in [0.05, 0.1) is 11.7 Å². The van der Waals surface area contributed by atoms with Gasteiger partial charge in [-0.1, -0.05) is 12.2 Å². The third-order valence-electron chi connectivity index (χ3n) is 2.55. The van der Waals surface area contributed by atoms with E-state index < -0.39 is 11.7 Å². The average Bonchev–Trinajstić information content (AvgIpc) is 2.26. The highest BCUT2D eigenvalue weighted by Crippen LogP contribution is 2.15. The average molecular weight is 238 g/mol. The monoisotopic (exact) mass is 238 g/mol. The van der Waals surface area contributed by atoms with Crippen molar-refractivity contribution in [1.82, 2.24) is 0 Å². The minimum Gasteiger partial charge on any atom is -0.507 e. The highest BCUT2D eigenvalue weighted by atomic mass is 16.4. The van der Waals surface area contributed by atoms with Gasteiger partial charge in [-0.05, 0) is 26.7 Å². The SMILES string of the molecule is C/C=C/CC[C@H](O)Cc1cc(O)c(C)c(=O)o1. The summed E-state index contributed by atoms with van der Waals surface area (Å²) >= 11 is 0. The van der Waals surface area contributed by atoms with Gasteiger partial charge in [-0.15, -0.1) is 0 Å². The van der Waals surface area contributed by atoms with Gasteiger partial charge in [-0.25, -0.2) is 4.79 Å². The summed E-state index contributed by atoms with van der Waals surface area (Å²) in [6.07, 6.45) is 4.93. The molecule has 2 N–H and O–H groups in total. The van der Waals surface area contributed by atoms with Crippen LogP contribution in [0.3, 0.4) is 0 Å². The largest absolute Gasteiger partial charge is 0.507 e. The molecule has 1 aromatic heterocycles. The van der Waals surface area contributed by atoms with Crippen LogP contribution in [0.4, 0.5) is 0 Å². The first-order valence-electron chi connectivity index (χ1n) is 5.66. The number of aliphatic hydroxyl groups excluding tert-OH is 1. The van der Waals surface area contributed by atoms with Crippen molar-refractivity contribution < 1.29 is 14.6 Å². The van der Waals surface area contributed by atoms with Crippen LogP contribution in [0.15, 0.2) is 27.4 Å². The van der Waals surface area contributed by atoms with Gasteiger partial charge in [-0.2, -0.15) is 0 Å². The summed E-state index contributed by atoms with van der Waals surface area (Å²) < 4.78 is 4.97. The number of hydrogen-bond donors (Lipinski definition) is 2. The zero-order chi connectivity index (χ0) is 12.8. The topological polar surface area (TPSA) is 70.7 Å². The lowest BCUT2D eigenvalue weighted by Gasteiger charge is -2.08. The first kappa shape index (κ1) is 13.5. The molecule has 0 aliphatic heterocycles. The Labute approximate surface area is 100 Å². The van der Waals surface area contributed by atoms with Gasteiger partial charge < -0.3 is 14.6 Å². The second-order valence-corrected chi connectivity index (χ2v) is 4.01. The molecule has 0 fully saturated rings. The summed E-state index contributed by atoms with van der Waals surface area (Å²) in [5.74, 6) is 0.225. The van der Waals surface area contributed by atoms with E-state index in [4.69, 9.17) is 4.42 Å². The summed E-state index contributed by atoms with van der Waals surface area (Å²) in [4.78, 5) is 11.3. The molecule has 0 unspecified atom stereocenters. The molecule has 0 spiro atoms. The second-order valence-electron chi connectivity index (χ2n) is 4.01. The van der Waals surface area contributed by atoms with Gasteiger partial charge in [0.15, 0.2) is 0 Å². The Morgan fingerprint density at radius 1 is 1.53 bits per heavy atom. The molecular formula is C13H18O4. The second kappa shape index (κ2) is 6.25. The van der Waals surface area contributed by atoms with Crippen molar-refractivity contribution in [2.45, 2.75) is 39.2 Å². The fourth-order valence-corrected chi connectivity index (χ4v) is 1.48. The highest BCUT2D eigenvalue weighted by Gasteiger charge is 2.11. The maximum Gasteiger partial charge on any atom is 0.342 e. The van der Waals surface area contributed by atoms with E-state index in [0.717, 1.165) is 6.42 Å². The van der Waals surface area contributed by atoms with Gasteiger partial charge in [0, 0.05) is 12.5 Å². The molecule has 0 radical (unpaired) electrons. The Hall–Kier alpha value is -1.55. The third kappa shape index (κ3) is 4.07. The summed E-state index contributed by atoms with van der Waals surface area (Å²) in [5, 5.41) is 19.2. The highest BCUT2D eigenvalue weighted by molar-refractivity contribution is 5.28. The van der Waals surface area contributed by atoms with Crippen molar-refractivity contribution in [2.75, 3.05) is 0 Å². The predicted molar refractivity (Wildman–Crippen MR) is 65.1 cm³/mol. The number of hydrogen-bond acceptors (Lipinski definition) is 4. The Kier molecular flexibility index (Phi) is 4.97. The molecule has 0 aromatic carbocycles. The van der Waals surface area contributed by atoms with Crippen LogP contribution in [0.2, 0.25) is 0 Å². The molecular weight excluding hydrogens is 220 g/mol. The van der Waals surface area contributed by atoms with Crippen molar-refractivity contribution >= 4 is 0 Å². The fourth-order valence-electron chi connectivity index (χ4n) is 1.48. The zero-order valence-electron chi connectivity index (χ0n) is 10.1. The smallest absolute Gasteiger partial charge is 0.342 e. The quantitative estimate of drug-likeness (QED) is 0.769. The Balaban J connectivity index is 2.65. The molecule has 1 aromatic rings. The Morgan fingerprint density at radius 3 is 2.82 bits per heavy atom. The van der Waals surface area contributed by atoms with E-state index in [0.29, 0.717) is 12.2 Å². The molecule has 0 saturated carbocycles. The van der Waals surface area contributed by atoms with E-state index >= 15 is 0 Å². The fraction of sp³-hybridized carbons (Fsp3) is 0.462. The van der Waals surface area contributed by atoms with Crippen LogP contribution >= 0.6 is 0 Å². The van der Waals surface area contributed by atoms with E-state index in [2.05, 4.69) is 0 Å². The summed E-state index contributed by atoms with van der Waals surface area (Å²) in [5.41, 5.74) is -0.363. The van der Waals surface area contributed by atoms with E-state index in [1.165, 1.54) is 13.0 Å². The molecule has 4 heteroatoms. The number of aliphatic hydroxyl groups is 1. The first-order chi connectivity index (χ1) is 8.04. The van der Waals surface area contributed by atoms with Crippen LogP contribution in [-0.2, 0) is 6.42 Å². The number of rotatable bonds is 5. The maximum absolute atomic E-state index is 11.3. The van der Waals surface area contributed by atoms with Crippen LogP contribution < -0.4 is 5.63 Å². The third-order valence-corrected chi connectivity index (χ3v) is 2.55. The van der Waals surface area contributed by atoms with Crippen LogP contribution in [0.25, 0.3) is 0 Å². The first-order valence-corrected chi connectivity index (χ1v) is 5.66.